The molecule has 4 rings (SSSR count). The van der Waals surface area contributed by atoms with E-state index in [-0.39, 0.29) is 30.4 Å². The Hall–Kier alpha value is -2.30. The molecule has 0 spiro atoms. The summed E-state index contributed by atoms with van der Waals surface area (Å²) < 4.78 is 10.6. The lowest BCUT2D eigenvalue weighted by Gasteiger charge is -2.18. The lowest BCUT2D eigenvalue weighted by atomic mass is 9.82. The fraction of sp³-hybridized carbons (Fsp3) is 0.375. The largest absolute Gasteiger partial charge is 0.454 e. The number of hydrogen-bond acceptors (Lipinski definition) is 4. The number of carbonyl (C=O) groups excluding carboxylic acids is 2. The second-order valence-electron chi connectivity index (χ2n) is 5.75. The molecule has 1 aliphatic carbocycles. The van der Waals surface area contributed by atoms with Crippen LogP contribution in [-0.4, -0.2) is 18.6 Å². The normalized spacial score (nSPS) is 26.9. The van der Waals surface area contributed by atoms with E-state index in [4.69, 9.17) is 9.47 Å². The molecule has 2 aliphatic heterocycles. The monoisotopic (exact) mass is 285 g/mol. The molecule has 0 aromatic heterocycles. The van der Waals surface area contributed by atoms with Crippen LogP contribution in [0, 0.1) is 11.8 Å². The van der Waals surface area contributed by atoms with E-state index in [1.807, 2.05) is 6.92 Å². The highest BCUT2D eigenvalue weighted by molar-refractivity contribution is 6.22. The number of nitrogens with zero attached hydrogens (tertiary/aromatic N) is 1. The SMILES string of the molecule is CC1=CC[C@@H]2C(=O)N(c3ccc4c(c3)OCO4)C(=O)[C@@H]2C1. The van der Waals surface area contributed by atoms with Crippen LogP contribution < -0.4 is 14.4 Å². The summed E-state index contributed by atoms with van der Waals surface area (Å²) in [5.74, 6) is 0.591. The molecule has 1 aromatic rings. The number of fused-ring (bicyclic) bond motifs is 2. The highest BCUT2D eigenvalue weighted by Gasteiger charge is 2.48. The van der Waals surface area contributed by atoms with Gasteiger partial charge >= 0.3 is 0 Å². The fourth-order valence-corrected chi connectivity index (χ4v) is 3.32. The van der Waals surface area contributed by atoms with Crippen molar-refractivity contribution in [1.29, 1.82) is 0 Å². The van der Waals surface area contributed by atoms with Gasteiger partial charge in [0, 0.05) is 6.07 Å². The first-order chi connectivity index (χ1) is 10.1. The average Bonchev–Trinajstić information content (AvgIpc) is 3.02. The quantitative estimate of drug-likeness (QED) is 0.586. The minimum atomic E-state index is -0.216. The summed E-state index contributed by atoms with van der Waals surface area (Å²) in [6, 6.07) is 5.18. The van der Waals surface area contributed by atoms with Crippen molar-refractivity contribution in [2.45, 2.75) is 19.8 Å². The van der Waals surface area contributed by atoms with Crippen LogP contribution in [0.15, 0.2) is 29.8 Å². The van der Waals surface area contributed by atoms with Gasteiger partial charge in [0.15, 0.2) is 11.5 Å². The molecule has 1 fully saturated rings. The molecule has 0 N–H and O–H groups in total. The summed E-state index contributed by atoms with van der Waals surface area (Å²) in [6.45, 7) is 2.19. The number of hydrogen-bond donors (Lipinski definition) is 0. The third kappa shape index (κ3) is 1.77. The van der Waals surface area contributed by atoms with Crippen LogP contribution in [0.1, 0.15) is 19.8 Å². The minimum Gasteiger partial charge on any atom is -0.454 e. The van der Waals surface area contributed by atoms with Crippen molar-refractivity contribution in [1.82, 2.24) is 0 Å². The number of benzene rings is 1. The maximum Gasteiger partial charge on any atom is 0.238 e. The van der Waals surface area contributed by atoms with Crippen molar-refractivity contribution in [3.8, 4) is 11.5 Å². The maximum absolute atomic E-state index is 12.6. The molecule has 108 valence electrons. The maximum atomic E-state index is 12.6. The Balaban J connectivity index is 1.70. The molecular formula is C16H15NO4. The highest BCUT2D eigenvalue weighted by atomic mass is 16.7. The Morgan fingerprint density at radius 1 is 1.10 bits per heavy atom. The Morgan fingerprint density at radius 3 is 2.71 bits per heavy atom. The first kappa shape index (κ1) is 12.4. The molecule has 0 radical (unpaired) electrons. The van der Waals surface area contributed by atoms with Gasteiger partial charge in [0.2, 0.25) is 18.6 Å². The standard InChI is InChI=1S/C16H15NO4/c1-9-2-4-11-12(6-9)16(19)17(15(11)18)10-3-5-13-14(7-10)21-8-20-13/h2-3,5,7,11-12H,4,6,8H2,1H3/t11-,12+/m0/s1. The van der Waals surface area contributed by atoms with E-state index < -0.39 is 0 Å². The molecule has 1 aromatic carbocycles. The summed E-state index contributed by atoms with van der Waals surface area (Å²) in [6.07, 6.45) is 3.40. The van der Waals surface area contributed by atoms with Crippen molar-refractivity contribution < 1.29 is 19.1 Å². The fourth-order valence-electron chi connectivity index (χ4n) is 3.32. The van der Waals surface area contributed by atoms with Crippen LogP contribution in [0.3, 0.4) is 0 Å². The van der Waals surface area contributed by atoms with Crippen LogP contribution in [0.2, 0.25) is 0 Å². The number of allylic oxidation sites excluding steroid dienone is 2. The molecule has 3 aliphatic rings. The Labute approximate surface area is 122 Å². The summed E-state index contributed by atoms with van der Waals surface area (Å²) in [4.78, 5) is 26.5. The lowest BCUT2D eigenvalue weighted by Crippen LogP contribution is -2.30. The number of imide groups is 1. The molecule has 2 atom stereocenters. The van der Waals surface area contributed by atoms with Crippen molar-refractivity contribution in [3.63, 3.8) is 0 Å². The minimum absolute atomic E-state index is 0.101. The van der Waals surface area contributed by atoms with E-state index in [0.717, 1.165) is 0 Å². The van der Waals surface area contributed by atoms with Crippen molar-refractivity contribution >= 4 is 17.5 Å². The second-order valence-corrected chi connectivity index (χ2v) is 5.75. The Morgan fingerprint density at radius 2 is 1.86 bits per heavy atom. The van der Waals surface area contributed by atoms with E-state index in [1.54, 1.807) is 18.2 Å². The van der Waals surface area contributed by atoms with Crippen LogP contribution in [0.4, 0.5) is 5.69 Å². The first-order valence-electron chi connectivity index (χ1n) is 7.08. The molecule has 0 bridgehead atoms. The topological polar surface area (TPSA) is 55.8 Å². The van der Waals surface area contributed by atoms with Gasteiger partial charge in [-0.3, -0.25) is 9.59 Å². The van der Waals surface area contributed by atoms with E-state index in [1.165, 1.54) is 10.5 Å². The highest BCUT2D eigenvalue weighted by Crippen LogP contribution is 2.42. The molecule has 2 amide bonds. The average molecular weight is 285 g/mol. The van der Waals surface area contributed by atoms with Crippen molar-refractivity contribution in [2.75, 3.05) is 11.7 Å². The summed E-state index contributed by atoms with van der Waals surface area (Å²) >= 11 is 0. The van der Waals surface area contributed by atoms with Crippen molar-refractivity contribution in [2.24, 2.45) is 11.8 Å². The van der Waals surface area contributed by atoms with Gasteiger partial charge in [-0.05, 0) is 31.9 Å². The first-order valence-corrected chi connectivity index (χ1v) is 7.08. The van der Waals surface area contributed by atoms with Gasteiger partial charge in [-0.15, -0.1) is 0 Å². The zero-order valence-corrected chi connectivity index (χ0v) is 11.7. The zero-order valence-electron chi connectivity index (χ0n) is 11.7. The van der Waals surface area contributed by atoms with Gasteiger partial charge in [-0.1, -0.05) is 11.6 Å². The van der Waals surface area contributed by atoms with Gasteiger partial charge in [0.1, 0.15) is 0 Å². The van der Waals surface area contributed by atoms with Gasteiger partial charge in [-0.25, -0.2) is 4.90 Å². The van der Waals surface area contributed by atoms with E-state index >= 15 is 0 Å². The zero-order chi connectivity index (χ0) is 14.6. The number of amides is 2. The third-order valence-electron chi connectivity index (χ3n) is 4.44. The number of carbonyl (C=O) groups is 2. The number of ether oxygens (including phenoxy) is 2. The second kappa shape index (κ2) is 4.35. The number of rotatable bonds is 1. The van der Waals surface area contributed by atoms with Gasteiger partial charge in [0.05, 0.1) is 17.5 Å². The molecular weight excluding hydrogens is 270 g/mol. The van der Waals surface area contributed by atoms with Gasteiger partial charge in [-0.2, -0.15) is 0 Å². The Bertz CT molecular complexity index is 679. The smallest absolute Gasteiger partial charge is 0.238 e. The van der Waals surface area contributed by atoms with E-state index in [2.05, 4.69) is 6.08 Å². The molecule has 5 nitrogen and oxygen atoms in total. The summed E-state index contributed by atoms with van der Waals surface area (Å²) in [5.41, 5.74) is 1.76. The molecule has 5 heteroatoms. The summed E-state index contributed by atoms with van der Waals surface area (Å²) in [7, 11) is 0. The van der Waals surface area contributed by atoms with Crippen LogP contribution in [0.5, 0.6) is 11.5 Å². The van der Waals surface area contributed by atoms with Gasteiger partial charge < -0.3 is 9.47 Å². The predicted molar refractivity (Wildman–Crippen MR) is 75.0 cm³/mol. The van der Waals surface area contributed by atoms with Gasteiger partial charge in [0.25, 0.3) is 0 Å². The third-order valence-corrected chi connectivity index (χ3v) is 4.44. The van der Waals surface area contributed by atoms with Crippen molar-refractivity contribution in [3.05, 3.63) is 29.8 Å². The van der Waals surface area contributed by atoms with Crippen LogP contribution in [0.25, 0.3) is 0 Å². The van der Waals surface area contributed by atoms with E-state index in [0.29, 0.717) is 30.0 Å². The lowest BCUT2D eigenvalue weighted by molar-refractivity contribution is -0.122. The van der Waals surface area contributed by atoms with Crippen LogP contribution >= 0.6 is 0 Å². The molecule has 0 unspecified atom stereocenters. The molecule has 1 saturated heterocycles. The predicted octanol–water partition coefficient (Wildman–Crippen LogP) is 2.26. The molecule has 0 saturated carbocycles. The molecule has 21 heavy (non-hydrogen) atoms. The summed E-state index contributed by atoms with van der Waals surface area (Å²) in [5, 5.41) is 0. The molecule has 2 heterocycles. The van der Waals surface area contributed by atoms with E-state index in [9.17, 15) is 9.59 Å². The van der Waals surface area contributed by atoms with Crippen LogP contribution in [-0.2, 0) is 9.59 Å². The number of anilines is 1. The Kier molecular flexibility index (Phi) is 2.58.